The molecule has 0 aromatic heterocycles. The molecule has 0 aliphatic rings. The topological polar surface area (TPSA) is 55.4 Å². The third-order valence-electron chi connectivity index (χ3n) is 2.64. The lowest BCUT2D eigenvalue weighted by atomic mass is 10.2. The van der Waals surface area contributed by atoms with Gasteiger partial charge in [-0.1, -0.05) is 29.8 Å². The van der Waals surface area contributed by atoms with E-state index >= 15 is 0 Å². The van der Waals surface area contributed by atoms with Gasteiger partial charge < -0.3 is 4.74 Å². The second kappa shape index (κ2) is 6.65. The molecule has 110 valence electrons. The van der Waals surface area contributed by atoms with Gasteiger partial charge in [-0.05, 0) is 35.9 Å². The fraction of sp³-hybridized carbons (Fsp3) is 0.0667. The van der Waals surface area contributed by atoms with Crippen molar-refractivity contribution >= 4 is 33.4 Å². The first-order valence-electron chi connectivity index (χ1n) is 6.09. The molecule has 0 fully saturated rings. The molecule has 0 unspecified atom stereocenters. The Bertz CT molecular complexity index is 740. The van der Waals surface area contributed by atoms with Crippen LogP contribution in [0.1, 0.15) is 5.56 Å². The number of sulfonamides is 1. The van der Waals surface area contributed by atoms with Crippen LogP contribution in [0.3, 0.4) is 0 Å². The summed E-state index contributed by atoms with van der Waals surface area (Å²) >= 11 is 5.77. The van der Waals surface area contributed by atoms with Crippen LogP contribution in [-0.4, -0.2) is 15.5 Å². The smallest absolute Gasteiger partial charge is 0.255 e. The summed E-state index contributed by atoms with van der Waals surface area (Å²) in [6.45, 7) is 0. The van der Waals surface area contributed by atoms with Crippen LogP contribution >= 0.6 is 11.6 Å². The molecule has 0 heterocycles. The molecule has 21 heavy (non-hydrogen) atoms. The van der Waals surface area contributed by atoms with Crippen LogP contribution in [-0.2, 0) is 10.0 Å². The van der Waals surface area contributed by atoms with E-state index in [9.17, 15) is 8.42 Å². The van der Waals surface area contributed by atoms with E-state index < -0.39 is 10.0 Å². The first-order valence-corrected chi connectivity index (χ1v) is 8.01. The summed E-state index contributed by atoms with van der Waals surface area (Å²) in [6, 6.07) is 13.6. The predicted molar refractivity (Wildman–Crippen MR) is 86.0 cm³/mol. The third kappa shape index (κ3) is 4.81. The molecule has 0 amide bonds. The maximum Gasteiger partial charge on any atom is 0.255 e. The van der Waals surface area contributed by atoms with E-state index in [1.165, 1.54) is 13.2 Å². The maximum absolute atomic E-state index is 12.0. The number of ether oxygens (including phenoxy) is 1. The van der Waals surface area contributed by atoms with Crippen molar-refractivity contribution in [1.82, 2.24) is 0 Å². The molecule has 2 rings (SSSR count). The molecule has 1 N–H and O–H groups in total. The molecule has 4 nitrogen and oxygen atoms in total. The minimum Gasteiger partial charge on any atom is -0.497 e. The van der Waals surface area contributed by atoms with E-state index in [-0.39, 0.29) is 0 Å². The molecule has 0 radical (unpaired) electrons. The van der Waals surface area contributed by atoms with Gasteiger partial charge in [-0.25, -0.2) is 8.42 Å². The fourth-order valence-corrected chi connectivity index (χ4v) is 2.61. The average Bonchev–Trinajstić information content (AvgIpc) is 2.46. The molecular formula is C15H14ClNO3S. The van der Waals surface area contributed by atoms with Gasteiger partial charge in [0.25, 0.3) is 10.0 Å². The maximum atomic E-state index is 12.0. The Hall–Kier alpha value is -1.98. The largest absolute Gasteiger partial charge is 0.497 e. The first-order chi connectivity index (χ1) is 9.98. The number of rotatable bonds is 5. The number of nitrogens with one attached hydrogen (secondary N) is 1. The van der Waals surface area contributed by atoms with Gasteiger partial charge >= 0.3 is 0 Å². The predicted octanol–water partition coefficient (Wildman–Crippen LogP) is 3.76. The normalized spacial score (nSPS) is 11.5. The van der Waals surface area contributed by atoms with Crippen LogP contribution in [0.15, 0.2) is 53.9 Å². The zero-order valence-electron chi connectivity index (χ0n) is 11.3. The monoisotopic (exact) mass is 323 g/mol. The number of hydrogen-bond donors (Lipinski definition) is 1. The molecule has 0 bridgehead atoms. The first kappa shape index (κ1) is 15.4. The zero-order chi connectivity index (χ0) is 15.3. The van der Waals surface area contributed by atoms with Crippen LogP contribution in [0.4, 0.5) is 5.69 Å². The van der Waals surface area contributed by atoms with E-state index in [0.717, 1.165) is 11.0 Å². The van der Waals surface area contributed by atoms with E-state index in [4.69, 9.17) is 16.3 Å². The zero-order valence-corrected chi connectivity index (χ0v) is 12.9. The van der Waals surface area contributed by atoms with E-state index in [0.29, 0.717) is 16.5 Å². The summed E-state index contributed by atoms with van der Waals surface area (Å²) in [5.41, 5.74) is 1.19. The lowest BCUT2D eigenvalue weighted by molar-refractivity contribution is 0.415. The highest BCUT2D eigenvalue weighted by molar-refractivity contribution is 7.95. The summed E-state index contributed by atoms with van der Waals surface area (Å²) in [5.74, 6) is 0.580. The molecule has 0 spiro atoms. The highest BCUT2D eigenvalue weighted by atomic mass is 35.5. The Morgan fingerprint density at radius 3 is 2.52 bits per heavy atom. The number of methoxy groups -OCH3 is 1. The highest BCUT2D eigenvalue weighted by Crippen LogP contribution is 2.18. The molecule has 0 aliphatic carbocycles. The van der Waals surface area contributed by atoms with Crippen molar-refractivity contribution in [1.29, 1.82) is 0 Å². The Labute approximate surface area is 129 Å². The van der Waals surface area contributed by atoms with E-state index in [1.54, 1.807) is 48.5 Å². The highest BCUT2D eigenvalue weighted by Gasteiger charge is 2.06. The van der Waals surface area contributed by atoms with Crippen LogP contribution in [0, 0.1) is 0 Å². The Morgan fingerprint density at radius 2 is 1.86 bits per heavy atom. The molecule has 2 aromatic carbocycles. The number of hydrogen-bond acceptors (Lipinski definition) is 3. The quantitative estimate of drug-likeness (QED) is 0.911. The van der Waals surface area contributed by atoms with Crippen molar-refractivity contribution in [3.05, 3.63) is 64.5 Å². The Morgan fingerprint density at radius 1 is 1.14 bits per heavy atom. The van der Waals surface area contributed by atoms with Crippen LogP contribution in [0.2, 0.25) is 5.02 Å². The van der Waals surface area contributed by atoms with Crippen LogP contribution in [0.5, 0.6) is 5.75 Å². The van der Waals surface area contributed by atoms with Crippen LogP contribution in [0.25, 0.3) is 6.08 Å². The number of anilines is 1. The molecule has 0 aliphatic heterocycles. The minimum absolute atomic E-state index is 0.440. The van der Waals surface area contributed by atoms with Gasteiger partial charge in [-0.3, -0.25) is 4.72 Å². The van der Waals surface area contributed by atoms with Crippen molar-refractivity contribution in [2.24, 2.45) is 0 Å². The van der Waals surface area contributed by atoms with Crippen molar-refractivity contribution in [3.8, 4) is 5.75 Å². The van der Waals surface area contributed by atoms with Crippen molar-refractivity contribution in [2.45, 2.75) is 0 Å². The van der Waals surface area contributed by atoms with Crippen molar-refractivity contribution in [2.75, 3.05) is 11.8 Å². The van der Waals surface area contributed by atoms with Gasteiger partial charge in [0.2, 0.25) is 0 Å². The summed E-state index contributed by atoms with van der Waals surface area (Å²) in [6.07, 6.45) is 1.50. The van der Waals surface area contributed by atoms with Gasteiger partial charge in [0, 0.05) is 11.1 Å². The molecule has 6 heteroatoms. The van der Waals surface area contributed by atoms with Crippen molar-refractivity contribution in [3.63, 3.8) is 0 Å². The minimum atomic E-state index is -3.59. The molecule has 0 saturated carbocycles. The van der Waals surface area contributed by atoms with Crippen LogP contribution < -0.4 is 9.46 Å². The Kier molecular flexibility index (Phi) is 4.88. The fourth-order valence-electron chi connectivity index (χ4n) is 1.63. The summed E-state index contributed by atoms with van der Waals surface area (Å²) in [4.78, 5) is 0. The molecule has 0 saturated heterocycles. The summed E-state index contributed by atoms with van der Waals surface area (Å²) < 4.78 is 31.4. The van der Waals surface area contributed by atoms with E-state index in [2.05, 4.69) is 4.72 Å². The third-order valence-corrected chi connectivity index (χ3v) is 3.91. The SMILES string of the molecule is COc1cccc(NS(=O)(=O)/C=C/c2ccc(Cl)cc2)c1. The van der Waals surface area contributed by atoms with Crippen molar-refractivity contribution < 1.29 is 13.2 Å². The summed E-state index contributed by atoms with van der Waals surface area (Å²) in [7, 11) is -2.07. The average molecular weight is 324 g/mol. The second-order valence-electron chi connectivity index (χ2n) is 4.23. The van der Waals surface area contributed by atoms with Gasteiger partial charge in [0.1, 0.15) is 5.75 Å². The number of halogens is 1. The lowest BCUT2D eigenvalue weighted by Crippen LogP contribution is -2.08. The second-order valence-corrected chi connectivity index (χ2v) is 6.24. The van der Waals surface area contributed by atoms with Gasteiger partial charge in [-0.15, -0.1) is 0 Å². The molecule has 0 atom stereocenters. The standard InChI is InChI=1S/C15H14ClNO3S/c1-20-15-4-2-3-14(11-15)17-21(18,19)10-9-12-5-7-13(16)8-6-12/h2-11,17H,1H3/b10-9+. The van der Waals surface area contributed by atoms with Gasteiger partial charge in [-0.2, -0.15) is 0 Å². The van der Waals surface area contributed by atoms with Gasteiger partial charge in [0.15, 0.2) is 0 Å². The lowest BCUT2D eigenvalue weighted by Gasteiger charge is -2.06. The van der Waals surface area contributed by atoms with Gasteiger partial charge in [0.05, 0.1) is 18.2 Å². The summed E-state index contributed by atoms with van der Waals surface area (Å²) in [5, 5.41) is 1.71. The molecule has 2 aromatic rings. The Balaban J connectivity index is 2.12. The molecular weight excluding hydrogens is 310 g/mol. The van der Waals surface area contributed by atoms with E-state index in [1.807, 2.05) is 0 Å². The number of benzene rings is 2.